The van der Waals surface area contributed by atoms with Crippen molar-refractivity contribution in [3.05, 3.63) is 70.9 Å². The molecular formula is C21H16ClN3O2. The van der Waals surface area contributed by atoms with E-state index in [1.165, 1.54) is 0 Å². The second-order valence-electron chi connectivity index (χ2n) is 6.20. The van der Waals surface area contributed by atoms with Crippen molar-refractivity contribution < 1.29 is 9.53 Å². The van der Waals surface area contributed by atoms with Crippen molar-refractivity contribution in [2.75, 3.05) is 11.9 Å². The molecule has 1 aromatic heterocycles. The maximum absolute atomic E-state index is 12.3. The summed E-state index contributed by atoms with van der Waals surface area (Å²) in [6.07, 6.45) is 7.38. The molecule has 1 aliphatic heterocycles. The van der Waals surface area contributed by atoms with E-state index < -0.39 is 0 Å². The number of carbonyl (C=O) groups is 1. The Morgan fingerprint density at radius 3 is 2.67 bits per heavy atom. The molecule has 1 amide bonds. The number of hydrogen-bond donors (Lipinski definition) is 1. The van der Waals surface area contributed by atoms with E-state index in [4.69, 9.17) is 22.8 Å². The number of carbonyl (C=O) groups excluding carboxylic acids is 1. The molecule has 0 aliphatic carbocycles. The highest BCUT2D eigenvalue weighted by Crippen LogP contribution is 2.38. The van der Waals surface area contributed by atoms with Gasteiger partial charge in [-0.15, -0.1) is 6.42 Å². The number of ether oxygens (including phenoxy) is 1. The Hall–Kier alpha value is -3.23. The smallest absolute Gasteiger partial charge is 0.226 e. The number of anilines is 1. The Bertz CT molecular complexity index is 1020. The largest absolute Gasteiger partial charge is 0.481 e. The van der Waals surface area contributed by atoms with Crippen LogP contribution in [0.15, 0.2) is 54.7 Å². The fourth-order valence-electron chi connectivity index (χ4n) is 3.22. The van der Waals surface area contributed by atoms with Crippen molar-refractivity contribution in [1.82, 2.24) is 9.78 Å². The summed E-state index contributed by atoms with van der Waals surface area (Å²) in [5.41, 5.74) is 2.83. The number of nitrogens with one attached hydrogen (secondary N) is 1. The van der Waals surface area contributed by atoms with Crippen molar-refractivity contribution in [3.8, 4) is 23.8 Å². The first-order chi connectivity index (χ1) is 13.2. The minimum absolute atomic E-state index is 0.0455. The number of terminal acetylenes is 1. The van der Waals surface area contributed by atoms with Crippen LogP contribution < -0.4 is 10.1 Å². The summed E-state index contributed by atoms with van der Waals surface area (Å²) in [5.74, 6) is 3.71. The first-order valence-corrected chi connectivity index (χ1v) is 8.83. The van der Waals surface area contributed by atoms with Crippen LogP contribution >= 0.6 is 11.6 Å². The van der Waals surface area contributed by atoms with Crippen LogP contribution in [0, 0.1) is 12.3 Å². The lowest BCUT2D eigenvalue weighted by Gasteiger charge is -2.24. The third-order valence-corrected chi connectivity index (χ3v) is 4.75. The van der Waals surface area contributed by atoms with Gasteiger partial charge in [-0.05, 0) is 42.0 Å². The molecule has 0 spiro atoms. The quantitative estimate of drug-likeness (QED) is 0.699. The third-order valence-electron chi connectivity index (χ3n) is 4.50. The van der Waals surface area contributed by atoms with Crippen LogP contribution in [-0.2, 0) is 4.79 Å². The van der Waals surface area contributed by atoms with Gasteiger partial charge in [-0.25, -0.2) is 4.68 Å². The molecule has 1 atom stereocenters. The second kappa shape index (κ2) is 7.18. The minimum Gasteiger partial charge on any atom is -0.481 e. The summed E-state index contributed by atoms with van der Waals surface area (Å²) < 4.78 is 7.14. The van der Waals surface area contributed by atoms with Crippen LogP contribution in [-0.4, -0.2) is 22.3 Å². The highest BCUT2D eigenvalue weighted by Gasteiger charge is 2.30. The van der Waals surface area contributed by atoms with Crippen LogP contribution in [0.3, 0.4) is 0 Å². The average Bonchev–Trinajstić information content (AvgIpc) is 3.10. The van der Waals surface area contributed by atoms with Gasteiger partial charge in [0.05, 0.1) is 11.9 Å². The molecule has 2 heterocycles. The second-order valence-corrected chi connectivity index (χ2v) is 6.64. The van der Waals surface area contributed by atoms with E-state index in [1.54, 1.807) is 23.0 Å². The Labute approximate surface area is 161 Å². The predicted molar refractivity (Wildman–Crippen MR) is 104 cm³/mol. The van der Waals surface area contributed by atoms with Crippen molar-refractivity contribution in [3.63, 3.8) is 0 Å². The standard InChI is InChI=1S/C21H16ClN3O2/c1-2-11-27-17-9-3-14(4-10-17)18-12-20(26)24-21-19(18)13-23-25(21)16-7-5-15(22)6-8-16/h1,3-10,13,18H,11-12H2,(H,24,26)/t18-/m1/s1. The number of halogens is 1. The van der Waals surface area contributed by atoms with E-state index in [1.807, 2.05) is 36.4 Å². The number of nitrogens with zero attached hydrogens (tertiary/aromatic N) is 2. The van der Waals surface area contributed by atoms with Gasteiger partial charge in [0.15, 0.2) is 0 Å². The van der Waals surface area contributed by atoms with Crippen LogP contribution in [0.4, 0.5) is 5.82 Å². The SMILES string of the molecule is C#CCOc1ccc([C@H]2CC(=O)Nc3c2cnn3-c2ccc(Cl)cc2)cc1. The zero-order valence-corrected chi connectivity index (χ0v) is 15.1. The zero-order chi connectivity index (χ0) is 18.8. The van der Waals surface area contributed by atoms with Crippen molar-refractivity contribution in [2.45, 2.75) is 12.3 Å². The van der Waals surface area contributed by atoms with E-state index >= 15 is 0 Å². The summed E-state index contributed by atoms with van der Waals surface area (Å²) in [7, 11) is 0. The lowest BCUT2D eigenvalue weighted by Crippen LogP contribution is -2.24. The Kier molecular flexibility index (Phi) is 4.57. The molecule has 6 heteroatoms. The topological polar surface area (TPSA) is 56.1 Å². The maximum Gasteiger partial charge on any atom is 0.226 e. The lowest BCUT2D eigenvalue weighted by molar-refractivity contribution is -0.116. The average molecular weight is 378 g/mol. The van der Waals surface area contributed by atoms with Gasteiger partial charge >= 0.3 is 0 Å². The van der Waals surface area contributed by atoms with E-state index in [0.717, 1.165) is 16.8 Å². The number of aromatic nitrogens is 2. The molecule has 0 radical (unpaired) electrons. The summed E-state index contributed by atoms with van der Waals surface area (Å²) in [5, 5.41) is 8.07. The molecule has 0 fully saturated rings. The van der Waals surface area contributed by atoms with Crippen LogP contribution in [0.1, 0.15) is 23.5 Å². The van der Waals surface area contributed by atoms with E-state index in [2.05, 4.69) is 16.3 Å². The number of fused-ring (bicyclic) bond motifs is 1. The first-order valence-electron chi connectivity index (χ1n) is 8.45. The molecule has 134 valence electrons. The molecule has 3 aromatic rings. The molecule has 0 saturated carbocycles. The van der Waals surface area contributed by atoms with Gasteiger partial charge in [-0.2, -0.15) is 5.10 Å². The fourth-order valence-corrected chi connectivity index (χ4v) is 3.34. The Balaban J connectivity index is 1.69. The van der Waals surface area contributed by atoms with Gasteiger partial charge in [0.1, 0.15) is 18.2 Å². The van der Waals surface area contributed by atoms with E-state index in [-0.39, 0.29) is 18.4 Å². The Morgan fingerprint density at radius 2 is 1.96 bits per heavy atom. The molecule has 1 aliphatic rings. The molecule has 1 N–H and O–H groups in total. The van der Waals surface area contributed by atoms with Crippen molar-refractivity contribution in [1.29, 1.82) is 0 Å². The molecule has 0 unspecified atom stereocenters. The van der Waals surface area contributed by atoms with Gasteiger partial charge in [0, 0.05) is 22.9 Å². The van der Waals surface area contributed by atoms with Crippen LogP contribution in [0.25, 0.3) is 5.69 Å². The van der Waals surface area contributed by atoms with Crippen molar-refractivity contribution in [2.24, 2.45) is 0 Å². The third kappa shape index (κ3) is 3.40. The van der Waals surface area contributed by atoms with Gasteiger partial charge in [0.2, 0.25) is 5.91 Å². The number of hydrogen-bond acceptors (Lipinski definition) is 3. The van der Waals surface area contributed by atoms with E-state index in [0.29, 0.717) is 23.0 Å². The van der Waals surface area contributed by atoms with Crippen LogP contribution in [0.5, 0.6) is 5.75 Å². The molecule has 0 saturated heterocycles. The predicted octanol–water partition coefficient (Wildman–Crippen LogP) is 4.01. The van der Waals surface area contributed by atoms with Gasteiger partial charge in [0.25, 0.3) is 0 Å². The normalized spacial score (nSPS) is 15.6. The van der Waals surface area contributed by atoms with Gasteiger partial charge in [-0.1, -0.05) is 29.7 Å². The summed E-state index contributed by atoms with van der Waals surface area (Å²) in [6.45, 7) is 0.225. The highest BCUT2D eigenvalue weighted by atomic mass is 35.5. The summed E-state index contributed by atoms with van der Waals surface area (Å²) in [4.78, 5) is 12.3. The fraction of sp³-hybridized carbons (Fsp3) is 0.143. The Morgan fingerprint density at radius 1 is 1.22 bits per heavy atom. The first kappa shape index (κ1) is 17.2. The van der Waals surface area contributed by atoms with Gasteiger partial charge < -0.3 is 10.1 Å². The maximum atomic E-state index is 12.3. The number of benzene rings is 2. The van der Waals surface area contributed by atoms with Crippen LogP contribution in [0.2, 0.25) is 5.02 Å². The minimum atomic E-state index is -0.0727. The van der Waals surface area contributed by atoms with Gasteiger partial charge in [-0.3, -0.25) is 4.79 Å². The lowest BCUT2D eigenvalue weighted by atomic mass is 9.87. The molecule has 27 heavy (non-hydrogen) atoms. The molecule has 0 bridgehead atoms. The van der Waals surface area contributed by atoms with E-state index in [9.17, 15) is 4.79 Å². The highest BCUT2D eigenvalue weighted by molar-refractivity contribution is 6.30. The molecule has 2 aromatic carbocycles. The molecule has 4 rings (SSSR count). The number of rotatable bonds is 4. The summed E-state index contributed by atoms with van der Waals surface area (Å²) >= 11 is 5.97. The van der Waals surface area contributed by atoms with Crippen molar-refractivity contribution >= 4 is 23.3 Å². The summed E-state index contributed by atoms with van der Waals surface area (Å²) in [6, 6.07) is 15.0. The zero-order valence-electron chi connectivity index (χ0n) is 14.4. The monoisotopic (exact) mass is 377 g/mol. The number of amides is 1. The molecule has 5 nitrogen and oxygen atoms in total. The molecular weight excluding hydrogens is 362 g/mol.